The molecule has 64 valence electrons. The Hall–Kier alpha value is 1.20. The van der Waals surface area contributed by atoms with Gasteiger partial charge in [0.2, 0.25) is 0 Å². The van der Waals surface area contributed by atoms with Crippen molar-refractivity contribution in [3.05, 3.63) is 0 Å². The zero-order valence-electron chi connectivity index (χ0n) is 8.81. The van der Waals surface area contributed by atoms with Crippen LogP contribution in [0.15, 0.2) is 0 Å². The van der Waals surface area contributed by atoms with Gasteiger partial charge in [0, 0.05) is 4.53 Å². The van der Waals surface area contributed by atoms with Crippen LogP contribution < -0.4 is 95.6 Å². The smallest absolute Gasteiger partial charge is 0.907 e. The first-order valence-corrected chi connectivity index (χ1v) is 1.93. The van der Waals surface area contributed by atoms with E-state index in [1.54, 1.807) is 0 Å². The summed E-state index contributed by atoms with van der Waals surface area (Å²) in [5.74, 6) is -4.21. The molecule has 0 amide bonds. The predicted molar refractivity (Wildman–Crippen MR) is 18.0 cm³/mol. The summed E-state index contributed by atoms with van der Waals surface area (Å²) in [4.78, 5) is 20.6. The molecule has 0 aromatic rings. The molecule has 0 N–H and O–H groups in total. The summed E-state index contributed by atoms with van der Waals surface area (Å²) in [7, 11) is -2.92. The van der Waals surface area contributed by atoms with Gasteiger partial charge in [-0.3, -0.25) is 7.32 Å². The Kier molecular flexibility index (Phi) is 58.6. The van der Waals surface area contributed by atoms with E-state index in [4.69, 9.17) is 25.0 Å². The Morgan fingerprint density at radius 1 is 1.00 bits per heavy atom. The van der Waals surface area contributed by atoms with Crippen molar-refractivity contribution in [1.82, 2.24) is 0 Å². The zero-order valence-corrected chi connectivity index (χ0v) is 8.81. The minimum Gasteiger partial charge on any atom is -0.907 e. The topological polar surface area (TPSA) is 136 Å². The Morgan fingerprint density at radius 3 is 1.20 bits per heavy atom. The molecule has 0 atom stereocenters. The number of rotatable bonds is 0. The number of carboxylic acids is 1. The maximum Gasteiger partial charge on any atom is 1.00 e. The SMILES string of the molecule is O=C([O-])C(=O)OF.[Li+].[Li+].[Li+].[Li+].[O-]B([O-])[O-]. The third-order valence-electron chi connectivity index (χ3n) is 0.237. The number of halogens is 1. The first kappa shape index (κ1) is 36.0. The molecule has 15 heavy (non-hydrogen) atoms. The van der Waals surface area contributed by atoms with Gasteiger partial charge < -0.3 is 25.0 Å². The van der Waals surface area contributed by atoms with Gasteiger partial charge >= 0.3 is 81.4 Å². The largest absolute Gasteiger partial charge is 1.00 e. The second kappa shape index (κ2) is 24.4. The molecule has 0 aliphatic rings. The minimum atomic E-state index is -2.92. The van der Waals surface area contributed by atoms with Crippen molar-refractivity contribution in [3.8, 4) is 0 Å². The number of carbonyl (C=O) groups excluding carboxylic acids is 2. The molecule has 0 aliphatic carbocycles. The second-order valence-corrected chi connectivity index (χ2v) is 0.941. The fourth-order valence-electron chi connectivity index (χ4n) is 0.0315. The monoisotopic (exact) mass is 194 g/mol. The van der Waals surface area contributed by atoms with E-state index in [1.807, 2.05) is 0 Å². The molecule has 0 aromatic heterocycles. The quantitative estimate of drug-likeness (QED) is 0.275. The van der Waals surface area contributed by atoms with Crippen LogP contribution in [-0.4, -0.2) is 19.3 Å². The number of carbonyl (C=O) groups is 2. The van der Waals surface area contributed by atoms with Gasteiger partial charge in [-0.05, 0) is 0 Å². The van der Waals surface area contributed by atoms with Crippen molar-refractivity contribution in [2.24, 2.45) is 0 Å². The molecule has 0 rings (SSSR count). The van der Waals surface area contributed by atoms with Gasteiger partial charge in [-0.2, -0.15) is 0 Å². The van der Waals surface area contributed by atoms with Crippen LogP contribution >= 0.6 is 0 Å². The molecule has 0 bridgehead atoms. The van der Waals surface area contributed by atoms with Crippen LogP contribution in [0, 0.1) is 0 Å². The van der Waals surface area contributed by atoms with E-state index >= 15 is 0 Å². The van der Waals surface area contributed by atoms with E-state index in [0.29, 0.717) is 0 Å². The first-order chi connectivity index (χ1) is 4.91. The van der Waals surface area contributed by atoms with E-state index in [1.165, 1.54) is 0 Å². The van der Waals surface area contributed by atoms with Gasteiger partial charge in [0.25, 0.3) is 0 Å². The maximum atomic E-state index is 10.4. The molecule has 0 aliphatic heterocycles. The van der Waals surface area contributed by atoms with Crippen LogP contribution in [-0.2, 0) is 14.5 Å². The van der Waals surface area contributed by atoms with Gasteiger partial charge in [0.15, 0.2) is 5.97 Å². The molecule has 7 nitrogen and oxygen atoms in total. The van der Waals surface area contributed by atoms with E-state index in [-0.39, 0.29) is 75.4 Å². The average Bonchev–Trinajstić information content (AvgIpc) is 1.85. The third kappa shape index (κ3) is 51.1. The number of aliphatic carboxylic acids is 1. The van der Waals surface area contributed by atoms with Crippen molar-refractivity contribution in [2.45, 2.75) is 0 Å². The number of hydrogen-bond acceptors (Lipinski definition) is 7. The Labute approximate surface area is 133 Å². The van der Waals surface area contributed by atoms with Crippen molar-refractivity contribution in [2.75, 3.05) is 0 Å². The molecular formula is C2BFLi4O7. The zero-order chi connectivity index (χ0) is 9.44. The van der Waals surface area contributed by atoms with Crippen molar-refractivity contribution < 1.29 is 115 Å². The van der Waals surface area contributed by atoms with E-state index in [0.717, 1.165) is 0 Å². The average molecular weight is 194 g/mol. The fourth-order valence-corrected chi connectivity index (χ4v) is 0.0315. The van der Waals surface area contributed by atoms with Crippen LogP contribution in [0.1, 0.15) is 0 Å². The fraction of sp³-hybridized carbons (Fsp3) is 0. The summed E-state index contributed by atoms with van der Waals surface area (Å²) in [6.45, 7) is 0. The maximum absolute atomic E-state index is 10.4. The Bertz CT molecular complexity index is 144. The number of carboxylic acid groups (broad SMARTS) is 1. The van der Waals surface area contributed by atoms with Crippen LogP contribution in [0.5, 0.6) is 0 Å². The predicted octanol–water partition coefficient (Wildman–Crippen LogP) is -17.8. The van der Waals surface area contributed by atoms with E-state index in [2.05, 4.69) is 4.94 Å². The third-order valence-corrected chi connectivity index (χ3v) is 0.237. The number of hydrogen-bond donors (Lipinski definition) is 0. The summed E-state index contributed by atoms with van der Waals surface area (Å²) in [6.07, 6.45) is 0. The van der Waals surface area contributed by atoms with Crippen LogP contribution in [0.25, 0.3) is 0 Å². The summed E-state index contributed by atoms with van der Waals surface area (Å²) >= 11 is 0. The van der Waals surface area contributed by atoms with Gasteiger partial charge in [-0.25, -0.2) is 9.74 Å². The first-order valence-electron chi connectivity index (χ1n) is 1.93. The molecule has 0 aromatic carbocycles. The normalized spacial score (nSPS) is 5.33. The molecule has 0 unspecified atom stereocenters. The molecule has 0 saturated carbocycles. The summed E-state index contributed by atoms with van der Waals surface area (Å²) in [6, 6.07) is 0. The van der Waals surface area contributed by atoms with Crippen LogP contribution in [0.4, 0.5) is 4.53 Å². The standard InChI is InChI=1S/C2HFO4.BO3.4Li/c3-7-2(6)1(4)5;2-1(3)4;;;;/h(H,4,5);;;;;/q;-3;4*+1/p-1. The molecule has 0 saturated heterocycles. The van der Waals surface area contributed by atoms with Crippen LogP contribution in [0.2, 0.25) is 0 Å². The molecule has 0 radical (unpaired) electrons. The van der Waals surface area contributed by atoms with E-state index in [9.17, 15) is 9.32 Å². The van der Waals surface area contributed by atoms with E-state index < -0.39 is 19.3 Å². The van der Waals surface area contributed by atoms with Gasteiger partial charge in [0.1, 0.15) is 0 Å². The Balaban J connectivity index is -0.0000000230. The van der Waals surface area contributed by atoms with Crippen molar-refractivity contribution >= 4 is 19.3 Å². The van der Waals surface area contributed by atoms with Crippen molar-refractivity contribution in [1.29, 1.82) is 0 Å². The summed E-state index contributed by atoms with van der Waals surface area (Å²) in [5, 5.41) is 34.4. The molecule has 0 spiro atoms. The minimum absolute atomic E-state index is 0. The summed E-state index contributed by atoms with van der Waals surface area (Å²) < 4.78 is 10.4. The van der Waals surface area contributed by atoms with Crippen molar-refractivity contribution in [3.63, 3.8) is 0 Å². The van der Waals surface area contributed by atoms with Gasteiger partial charge in [0.05, 0.1) is 0 Å². The van der Waals surface area contributed by atoms with Gasteiger partial charge in [-0.1, -0.05) is 0 Å². The Morgan fingerprint density at radius 2 is 1.20 bits per heavy atom. The molecule has 13 heteroatoms. The molecule has 0 fully saturated rings. The molecular weight excluding hydrogens is 194 g/mol. The molecule has 0 heterocycles. The second-order valence-electron chi connectivity index (χ2n) is 0.941. The van der Waals surface area contributed by atoms with Crippen LogP contribution in [0.3, 0.4) is 0 Å². The van der Waals surface area contributed by atoms with Gasteiger partial charge in [-0.15, -0.1) is 0 Å². The summed E-state index contributed by atoms with van der Waals surface area (Å²) in [5.41, 5.74) is 0.